The molecule has 11 heteroatoms. The Bertz CT molecular complexity index is 1020. The van der Waals surface area contributed by atoms with Gasteiger partial charge in [-0.05, 0) is 77.0 Å². The second-order valence-electron chi connectivity index (χ2n) is 12.2. The highest BCUT2D eigenvalue weighted by Crippen LogP contribution is 2.43. The molecule has 0 heterocycles. The highest BCUT2D eigenvalue weighted by atomic mass is 31.2. The molecule has 0 aromatic rings. The van der Waals surface area contributed by atoms with Crippen LogP contribution >= 0.6 is 7.82 Å². The van der Waals surface area contributed by atoms with Crippen molar-refractivity contribution in [2.45, 2.75) is 148 Å². The molecular formula is C39H67O10P. The molecule has 0 aromatic heterocycles. The molecule has 0 aromatic carbocycles. The van der Waals surface area contributed by atoms with Gasteiger partial charge in [-0.25, -0.2) is 4.57 Å². The number of carbonyl (C=O) groups is 2. The van der Waals surface area contributed by atoms with Gasteiger partial charge in [0.05, 0.1) is 19.8 Å². The van der Waals surface area contributed by atoms with Crippen molar-refractivity contribution in [3.8, 4) is 0 Å². The van der Waals surface area contributed by atoms with E-state index in [0.717, 1.165) is 77.0 Å². The number of carbonyl (C=O) groups excluding carboxylic acids is 2. The number of hydrogen-bond donors (Lipinski definition) is 3. The first kappa shape index (κ1) is 47.7. The summed E-state index contributed by atoms with van der Waals surface area (Å²) < 4.78 is 32.5. The fraction of sp³-hybridized carbons (Fsp3) is 0.692. The van der Waals surface area contributed by atoms with Gasteiger partial charge in [-0.1, -0.05) is 107 Å². The number of unbranched alkanes of at least 4 members (excludes halogenated alkanes) is 10. The summed E-state index contributed by atoms with van der Waals surface area (Å²) >= 11 is 0. The van der Waals surface area contributed by atoms with Crippen molar-refractivity contribution < 1.29 is 47.8 Å². The minimum Gasteiger partial charge on any atom is -0.462 e. The first-order valence-corrected chi connectivity index (χ1v) is 20.2. The van der Waals surface area contributed by atoms with Crippen LogP contribution in [-0.2, 0) is 32.7 Å². The standard InChI is InChI=1S/C39H67O10P/c1-3-5-7-9-11-13-15-17-18-19-21-23-25-27-29-31-39(43)49-37(35-48-50(44,45)47-33-36(41)32-40)34-46-38(42)30-28-26-24-22-20-16-14-12-10-8-6-4-2/h5,7,11-14,17-18,21,23,36-37,40-41H,3-4,6,8-10,15-16,19-20,22,24-35H2,1-2H3,(H,44,45)/b7-5-,13-11-,14-12-,18-17-,23-21-. The molecular weight excluding hydrogens is 659 g/mol. The number of aliphatic hydroxyl groups is 2. The van der Waals surface area contributed by atoms with E-state index >= 15 is 0 Å². The van der Waals surface area contributed by atoms with Crippen molar-refractivity contribution in [1.82, 2.24) is 0 Å². The van der Waals surface area contributed by atoms with Crippen molar-refractivity contribution in [1.29, 1.82) is 0 Å². The number of phosphoric ester groups is 1. The van der Waals surface area contributed by atoms with E-state index in [1.807, 2.05) is 0 Å². The van der Waals surface area contributed by atoms with Crippen LogP contribution in [0.15, 0.2) is 60.8 Å². The van der Waals surface area contributed by atoms with Crippen molar-refractivity contribution in [2.75, 3.05) is 26.4 Å². The highest BCUT2D eigenvalue weighted by Gasteiger charge is 2.27. The van der Waals surface area contributed by atoms with Crippen LogP contribution in [0.4, 0.5) is 0 Å². The van der Waals surface area contributed by atoms with E-state index in [4.69, 9.17) is 19.1 Å². The van der Waals surface area contributed by atoms with Crippen molar-refractivity contribution in [3.05, 3.63) is 60.8 Å². The average molecular weight is 727 g/mol. The first-order valence-electron chi connectivity index (χ1n) is 18.7. The molecule has 0 bridgehead atoms. The third-order valence-electron chi connectivity index (χ3n) is 7.41. The summed E-state index contributed by atoms with van der Waals surface area (Å²) in [5, 5.41) is 18.3. The Hall–Kier alpha value is -2.33. The van der Waals surface area contributed by atoms with Crippen LogP contribution in [0.5, 0.6) is 0 Å². The zero-order valence-electron chi connectivity index (χ0n) is 30.8. The van der Waals surface area contributed by atoms with E-state index in [-0.39, 0.29) is 19.4 Å². The lowest BCUT2D eigenvalue weighted by atomic mass is 10.1. The summed E-state index contributed by atoms with van der Waals surface area (Å²) in [5.74, 6) is -0.992. The fourth-order valence-electron chi connectivity index (χ4n) is 4.51. The van der Waals surface area contributed by atoms with Crippen molar-refractivity contribution in [2.24, 2.45) is 0 Å². The Morgan fingerprint density at radius 3 is 1.72 bits per heavy atom. The number of esters is 2. The molecule has 10 nitrogen and oxygen atoms in total. The summed E-state index contributed by atoms with van der Waals surface area (Å²) in [6, 6.07) is 0. The molecule has 0 fully saturated rings. The summed E-state index contributed by atoms with van der Waals surface area (Å²) in [4.78, 5) is 34.8. The predicted molar refractivity (Wildman–Crippen MR) is 200 cm³/mol. The molecule has 3 N–H and O–H groups in total. The van der Waals surface area contributed by atoms with Gasteiger partial charge in [-0.2, -0.15) is 0 Å². The number of rotatable bonds is 34. The Kier molecular flexibility index (Phi) is 33.5. The third-order valence-corrected chi connectivity index (χ3v) is 8.36. The molecule has 0 amide bonds. The maximum Gasteiger partial charge on any atom is 0.472 e. The highest BCUT2D eigenvalue weighted by molar-refractivity contribution is 7.47. The molecule has 3 unspecified atom stereocenters. The topological polar surface area (TPSA) is 149 Å². The monoisotopic (exact) mass is 726 g/mol. The fourth-order valence-corrected chi connectivity index (χ4v) is 5.30. The van der Waals surface area contributed by atoms with E-state index in [2.05, 4.69) is 79.1 Å². The Balaban J connectivity index is 4.49. The van der Waals surface area contributed by atoms with Crippen LogP contribution in [0.1, 0.15) is 136 Å². The lowest BCUT2D eigenvalue weighted by Crippen LogP contribution is -2.29. The van der Waals surface area contributed by atoms with E-state index < -0.39 is 51.8 Å². The largest absolute Gasteiger partial charge is 0.472 e. The quantitative estimate of drug-likeness (QED) is 0.0254. The summed E-state index contributed by atoms with van der Waals surface area (Å²) in [6.07, 6.45) is 36.2. The number of phosphoric acid groups is 1. The van der Waals surface area contributed by atoms with Crippen LogP contribution in [0, 0.1) is 0 Å². The molecule has 0 saturated heterocycles. The number of allylic oxidation sites excluding steroid dienone is 10. The lowest BCUT2D eigenvalue weighted by Gasteiger charge is -2.20. The van der Waals surface area contributed by atoms with Gasteiger partial charge in [0, 0.05) is 12.8 Å². The maximum absolute atomic E-state index is 12.5. The molecule has 0 spiro atoms. The molecule has 0 aliphatic rings. The van der Waals surface area contributed by atoms with Crippen LogP contribution in [-0.4, -0.2) is 65.7 Å². The maximum atomic E-state index is 12.5. The zero-order chi connectivity index (χ0) is 37.0. The van der Waals surface area contributed by atoms with Crippen molar-refractivity contribution >= 4 is 19.8 Å². The van der Waals surface area contributed by atoms with E-state index in [1.54, 1.807) is 0 Å². The van der Waals surface area contributed by atoms with E-state index in [1.165, 1.54) is 19.3 Å². The van der Waals surface area contributed by atoms with E-state index in [9.17, 15) is 24.2 Å². The Labute approximate surface area is 302 Å². The Morgan fingerprint density at radius 2 is 1.10 bits per heavy atom. The van der Waals surface area contributed by atoms with Gasteiger partial charge in [-0.15, -0.1) is 0 Å². The third kappa shape index (κ3) is 34.1. The molecule has 0 saturated carbocycles. The minimum absolute atomic E-state index is 0.128. The lowest BCUT2D eigenvalue weighted by molar-refractivity contribution is -0.161. The zero-order valence-corrected chi connectivity index (χ0v) is 31.7. The van der Waals surface area contributed by atoms with Gasteiger partial charge < -0.3 is 24.6 Å². The molecule has 288 valence electrons. The van der Waals surface area contributed by atoms with Crippen LogP contribution in [0.3, 0.4) is 0 Å². The van der Waals surface area contributed by atoms with Crippen LogP contribution < -0.4 is 0 Å². The normalized spacial score (nSPS) is 14.7. The second-order valence-corrected chi connectivity index (χ2v) is 13.7. The van der Waals surface area contributed by atoms with Gasteiger partial charge in [0.25, 0.3) is 0 Å². The summed E-state index contributed by atoms with van der Waals surface area (Å²) in [6.45, 7) is 2.15. The molecule has 0 aliphatic carbocycles. The van der Waals surface area contributed by atoms with E-state index in [0.29, 0.717) is 12.8 Å². The number of aliphatic hydroxyl groups excluding tert-OH is 2. The van der Waals surface area contributed by atoms with Gasteiger partial charge in [-0.3, -0.25) is 18.6 Å². The second kappa shape index (κ2) is 35.1. The summed E-state index contributed by atoms with van der Waals surface area (Å²) in [5.41, 5.74) is 0. The molecule has 3 atom stereocenters. The predicted octanol–water partition coefficient (Wildman–Crippen LogP) is 9.16. The Morgan fingerprint density at radius 1 is 0.620 bits per heavy atom. The van der Waals surface area contributed by atoms with Gasteiger partial charge in [0.15, 0.2) is 6.10 Å². The van der Waals surface area contributed by atoms with Gasteiger partial charge in [0.2, 0.25) is 0 Å². The smallest absolute Gasteiger partial charge is 0.462 e. The molecule has 0 rings (SSSR count). The number of ether oxygens (including phenoxy) is 2. The average Bonchev–Trinajstić information content (AvgIpc) is 3.10. The summed E-state index contributed by atoms with van der Waals surface area (Å²) in [7, 11) is -4.63. The van der Waals surface area contributed by atoms with Gasteiger partial charge in [0.1, 0.15) is 12.7 Å². The van der Waals surface area contributed by atoms with Crippen LogP contribution in [0.25, 0.3) is 0 Å². The molecule has 50 heavy (non-hydrogen) atoms. The molecule has 0 aliphatic heterocycles. The SMILES string of the molecule is CC/C=C\C/C=C\C/C=C\C/C=C\CCCCC(=O)OC(COC(=O)CCCCCCC/C=C\CCCCC)COP(=O)(O)OCC(O)CO. The van der Waals surface area contributed by atoms with Crippen molar-refractivity contribution in [3.63, 3.8) is 0 Å². The molecule has 0 radical (unpaired) electrons. The number of hydrogen-bond acceptors (Lipinski definition) is 9. The van der Waals surface area contributed by atoms with Gasteiger partial charge >= 0.3 is 19.8 Å². The minimum atomic E-state index is -4.63. The van der Waals surface area contributed by atoms with Crippen LogP contribution in [0.2, 0.25) is 0 Å². The first-order chi connectivity index (χ1) is 24.2.